The van der Waals surface area contributed by atoms with Gasteiger partial charge in [-0.3, -0.25) is 4.79 Å². The predicted octanol–water partition coefficient (Wildman–Crippen LogP) is 5.44. The van der Waals surface area contributed by atoms with Crippen LogP contribution in [-0.2, 0) is 22.4 Å². The van der Waals surface area contributed by atoms with Crippen molar-refractivity contribution in [3.05, 3.63) is 71.0 Å². The molecule has 0 unspecified atom stereocenters. The van der Waals surface area contributed by atoms with E-state index in [1.165, 1.54) is 27.8 Å². The van der Waals surface area contributed by atoms with Crippen LogP contribution in [0.1, 0.15) is 48.6 Å². The van der Waals surface area contributed by atoms with Crippen LogP contribution in [-0.4, -0.2) is 53.2 Å². The monoisotopic (exact) mass is 500 g/mol. The first-order valence-corrected chi connectivity index (χ1v) is 13.6. The molecule has 196 valence electrons. The molecule has 3 aromatic rings. The number of carbonyl (C=O) groups is 1. The Morgan fingerprint density at radius 1 is 1.14 bits per heavy atom. The average molecular weight is 501 g/mol. The first kappa shape index (κ1) is 25.7. The maximum Gasteiger partial charge on any atom is 0.226 e. The summed E-state index contributed by atoms with van der Waals surface area (Å²) in [5.41, 5.74) is 7.41. The Bertz CT molecular complexity index is 1260. The SMILES string of the molecule is CO[C@@H]1CN(C[C@H]2Cc3ccc(NC(=O)C(C)C)cc3C2)CC[C@H]1n1ccnc1-c1cc(C)ccc1C. The molecule has 0 bridgehead atoms. The molecule has 2 aliphatic rings. The molecule has 5 rings (SSSR count). The summed E-state index contributed by atoms with van der Waals surface area (Å²) in [7, 11) is 1.84. The number of likely N-dealkylation sites (tertiary alicyclic amines) is 1. The van der Waals surface area contributed by atoms with Gasteiger partial charge in [-0.15, -0.1) is 0 Å². The van der Waals surface area contributed by atoms with Crippen LogP contribution in [0.2, 0.25) is 0 Å². The van der Waals surface area contributed by atoms with Crippen molar-refractivity contribution in [2.24, 2.45) is 11.8 Å². The summed E-state index contributed by atoms with van der Waals surface area (Å²) in [5.74, 6) is 1.69. The van der Waals surface area contributed by atoms with E-state index in [1.54, 1.807) is 0 Å². The molecule has 2 heterocycles. The Balaban J connectivity index is 1.24. The third kappa shape index (κ3) is 5.51. The molecule has 6 nitrogen and oxygen atoms in total. The van der Waals surface area contributed by atoms with Crippen molar-refractivity contribution < 1.29 is 9.53 Å². The van der Waals surface area contributed by atoms with Crippen molar-refractivity contribution in [2.45, 2.75) is 59.1 Å². The Morgan fingerprint density at radius 2 is 1.95 bits per heavy atom. The summed E-state index contributed by atoms with van der Waals surface area (Å²) in [6, 6.07) is 13.3. The number of hydrogen-bond acceptors (Lipinski definition) is 4. The number of imidazole rings is 1. The van der Waals surface area contributed by atoms with Gasteiger partial charge >= 0.3 is 0 Å². The highest BCUT2D eigenvalue weighted by molar-refractivity contribution is 5.92. The summed E-state index contributed by atoms with van der Waals surface area (Å²) in [4.78, 5) is 19.4. The zero-order valence-corrected chi connectivity index (χ0v) is 22.8. The van der Waals surface area contributed by atoms with E-state index in [-0.39, 0.29) is 24.0 Å². The lowest BCUT2D eigenvalue weighted by atomic mass is 9.97. The zero-order chi connectivity index (χ0) is 26.1. The molecule has 0 spiro atoms. The highest BCUT2D eigenvalue weighted by atomic mass is 16.5. The fraction of sp³-hybridized carbons (Fsp3) is 0.484. The van der Waals surface area contributed by atoms with E-state index in [9.17, 15) is 4.79 Å². The number of fused-ring (bicyclic) bond motifs is 1. The number of methoxy groups -OCH3 is 1. The van der Waals surface area contributed by atoms with Crippen LogP contribution in [0.4, 0.5) is 5.69 Å². The van der Waals surface area contributed by atoms with Crippen molar-refractivity contribution >= 4 is 11.6 Å². The lowest BCUT2D eigenvalue weighted by Crippen LogP contribution is -2.47. The number of ether oxygens (including phenoxy) is 1. The topological polar surface area (TPSA) is 59.4 Å². The summed E-state index contributed by atoms with van der Waals surface area (Å²) < 4.78 is 8.41. The molecule has 1 aromatic heterocycles. The minimum atomic E-state index is -0.0168. The summed E-state index contributed by atoms with van der Waals surface area (Å²) in [5, 5.41) is 3.05. The lowest BCUT2D eigenvalue weighted by molar-refractivity contribution is -0.118. The van der Waals surface area contributed by atoms with E-state index in [4.69, 9.17) is 9.72 Å². The minimum absolute atomic E-state index is 0.0168. The maximum atomic E-state index is 12.1. The first-order valence-electron chi connectivity index (χ1n) is 13.6. The molecule has 0 radical (unpaired) electrons. The average Bonchev–Trinajstić information content (AvgIpc) is 3.51. The molecule has 1 saturated heterocycles. The van der Waals surface area contributed by atoms with Gasteiger partial charge in [0, 0.05) is 56.3 Å². The van der Waals surface area contributed by atoms with Gasteiger partial charge in [0.15, 0.2) is 0 Å². The second-order valence-corrected chi connectivity index (χ2v) is 11.3. The molecule has 1 fully saturated rings. The molecule has 1 aliphatic heterocycles. The van der Waals surface area contributed by atoms with Crippen molar-refractivity contribution in [2.75, 3.05) is 32.1 Å². The van der Waals surface area contributed by atoms with Gasteiger partial charge < -0.3 is 19.5 Å². The van der Waals surface area contributed by atoms with E-state index >= 15 is 0 Å². The quantitative estimate of drug-likeness (QED) is 0.469. The van der Waals surface area contributed by atoms with E-state index in [1.807, 2.05) is 33.2 Å². The predicted molar refractivity (Wildman–Crippen MR) is 149 cm³/mol. The normalized spacial score (nSPS) is 21.8. The highest BCUT2D eigenvalue weighted by Gasteiger charge is 2.34. The van der Waals surface area contributed by atoms with Gasteiger partial charge in [0.2, 0.25) is 5.91 Å². The van der Waals surface area contributed by atoms with Gasteiger partial charge in [-0.1, -0.05) is 37.6 Å². The van der Waals surface area contributed by atoms with Gasteiger partial charge in [-0.25, -0.2) is 4.98 Å². The van der Waals surface area contributed by atoms with Crippen LogP contribution < -0.4 is 5.32 Å². The molecule has 3 atom stereocenters. The van der Waals surface area contributed by atoms with Gasteiger partial charge in [-0.05, 0) is 73.9 Å². The fourth-order valence-corrected chi connectivity index (χ4v) is 6.02. The molecule has 37 heavy (non-hydrogen) atoms. The standard InChI is InChI=1S/C31H40N4O2/c1-20(2)31(36)33-26-9-8-24-15-23(16-25(24)17-26)18-34-12-10-28(29(19-34)37-5)35-13-11-32-30(35)27-14-21(3)6-7-22(27)4/h6-9,11,13-14,17,20,23,28-29H,10,12,15-16,18-19H2,1-5H3,(H,33,36)/t23-,28+,29+/m0/s1. The van der Waals surface area contributed by atoms with E-state index in [0.717, 1.165) is 50.4 Å². The third-order valence-electron chi connectivity index (χ3n) is 8.10. The molecule has 0 saturated carbocycles. The van der Waals surface area contributed by atoms with E-state index in [2.05, 4.69) is 65.2 Å². The molecular formula is C31H40N4O2. The molecular weight excluding hydrogens is 460 g/mol. The molecule has 1 N–H and O–H groups in total. The number of nitrogens with one attached hydrogen (secondary N) is 1. The number of hydrogen-bond donors (Lipinski definition) is 1. The number of piperidine rings is 1. The summed E-state index contributed by atoms with van der Waals surface area (Å²) >= 11 is 0. The fourth-order valence-electron chi connectivity index (χ4n) is 6.02. The number of carbonyl (C=O) groups excluding carboxylic acids is 1. The number of amides is 1. The van der Waals surface area contributed by atoms with Crippen LogP contribution in [0.15, 0.2) is 48.8 Å². The van der Waals surface area contributed by atoms with Crippen molar-refractivity contribution in [1.29, 1.82) is 0 Å². The first-order chi connectivity index (χ1) is 17.8. The smallest absolute Gasteiger partial charge is 0.226 e. The third-order valence-corrected chi connectivity index (χ3v) is 8.10. The minimum Gasteiger partial charge on any atom is -0.378 e. The van der Waals surface area contributed by atoms with Crippen LogP contribution in [0.3, 0.4) is 0 Å². The van der Waals surface area contributed by atoms with Crippen LogP contribution in [0.5, 0.6) is 0 Å². The van der Waals surface area contributed by atoms with Gasteiger partial charge in [-0.2, -0.15) is 0 Å². The van der Waals surface area contributed by atoms with Gasteiger partial charge in [0.25, 0.3) is 0 Å². The number of nitrogens with zero attached hydrogens (tertiary/aromatic N) is 3. The lowest BCUT2D eigenvalue weighted by Gasteiger charge is -2.39. The van der Waals surface area contributed by atoms with Crippen LogP contribution in [0, 0.1) is 25.7 Å². The number of benzene rings is 2. The second-order valence-electron chi connectivity index (χ2n) is 11.3. The van der Waals surface area contributed by atoms with Crippen LogP contribution >= 0.6 is 0 Å². The molecule has 6 heteroatoms. The summed E-state index contributed by atoms with van der Waals surface area (Å²) in [6.45, 7) is 11.2. The Morgan fingerprint density at radius 3 is 2.73 bits per heavy atom. The van der Waals surface area contributed by atoms with Gasteiger partial charge in [0.05, 0.1) is 12.1 Å². The number of anilines is 1. The van der Waals surface area contributed by atoms with E-state index < -0.39 is 0 Å². The largest absolute Gasteiger partial charge is 0.378 e. The second kappa shape index (κ2) is 10.8. The van der Waals surface area contributed by atoms with Gasteiger partial charge in [0.1, 0.15) is 5.82 Å². The molecule has 1 amide bonds. The van der Waals surface area contributed by atoms with Crippen LogP contribution in [0.25, 0.3) is 11.4 Å². The molecule has 2 aromatic carbocycles. The Labute approximate surface area is 221 Å². The number of rotatable bonds is 7. The zero-order valence-electron chi connectivity index (χ0n) is 22.8. The van der Waals surface area contributed by atoms with Crippen molar-refractivity contribution in [1.82, 2.24) is 14.5 Å². The number of aromatic nitrogens is 2. The summed E-state index contributed by atoms with van der Waals surface area (Å²) in [6.07, 6.45) is 7.36. The molecule has 1 aliphatic carbocycles. The maximum absolute atomic E-state index is 12.1. The van der Waals surface area contributed by atoms with Crippen molar-refractivity contribution in [3.63, 3.8) is 0 Å². The van der Waals surface area contributed by atoms with Crippen molar-refractivity contribution in [3.8, 4) is 11.4 Å². The number of aryl methyl sites for hydroxylation is 2. The Hall–Kier alpha value is -2.96. The Kier molecular flexibility index (Phi) is 7.50. The van der Waals surface area contributed by atoms with E-state index in [0.29, 0.717) is 5.92 Å². The highest BCUT2D eigenvalue weighted by Crippen LogP contribution is 2.34.